The third kappa shape index (κ3) is 6.10. The highest BCUT2D eigenvalue weighted by Crippen LogP contribution is 2.12. The molecule has 1 atom stereocenters. The molecule has 0 spiro atoms. The fourth-order valence-electron chi connectivity index (χ4n) is 2.06. The zero-order chi connectivity index (χ0) is 18.8. The average molecular weight is 359 g/mol. The molecule has 0 heterocycles. The van der Waals surface area contributed by atoms with Gasteiger partial charge in [-0.05, 0) is 23.3 Å². The second-order valence-corrected chi connectivity index (χ2v) is 5.40. The van der Waals surface area contributed by atoms with Crippen molar-refractivity contribution in [2.75, 3.05) is 13.7 Å². The third-order valence-corrected chi connectivity index (χ3v) is 3.51. The van der Waals surface area contributed by atoms with E-state index in [2.05, 4.69) is 5.32 Å². The Morgan fingerprint density at radius 1 is 0.962 bits per heavy atom. The van der Waals surface area contributed by atoms with Gasteiger partial charge in [0.25, 0.3) is 0 Å². The number of carbonyl (C=O) groups is 2. The van der Waals surface area contributed by atoms with Gasteiger partial charge in [0.1, 0.15) is 19.0 Å². The molecule has 0 aromatic heterocycles. The standard InChI is InChI=1S/C19H21NO6/c1-24-16-9-7-15(8-10-16)13-26-19(23)20-17(11-21)18(22)25-12-14-5-3-2-4-6-14/h2-10,17,21H,11-13H2,1H3,(H,20,23)/t17-/m1/s1. The van der Waals surface area contributed by atoms with E-state index in [1.165, 1.54) is 0 Å². The van der Waals surface area contributed by atoms with Crippen molar-refractivity contribution in [2.24, 2.45) is 0 Å². The maximum Gasteiger partial charge on any atom is 0.408 e. The lowest BCUT2D eigenvalue weighted by molar-refractivity contribution is -0.148. The first-order chi connectivity index (χ1) is 12.6. The van der Waals surface area contributed by atoms with Crippen LogP contribution >= 0.6 is 0 Å². The molecule has 0 saturated carbocycles. The molecule has 0 saturated heterocycles. The van der Waals surface area contributed by atoms with Crippen LogP contribution in [-0.2, 0) is 27.5 Å². The summed E-state index contributed by atoms with van der Waals surface area (Å²) < 4.78 is 15.2. The van der Waals surface area contributed by atoms with Crippen molar-refractivity contribution in [3.8, 4) is 5.75 Å². The second kappa shape index (κ2) is 10.0. The number of nitrogens with one attached hydrogen (secondary N) is 1. The number of methoxy groups -OCH3 is 1. The van der Waals surface area contributed by atoms with Crippen molar-refractivity contribution < 1.29 is 28.9 Å². The molecule has 0 aliphatic rings. The predicted molar refractivity (Wildman–Crippen MR) is 93.4 cm³/mol. The van der Waals surface area contributed by atoms with Crippen LogP contribution in [0.15, 0.2) is 54.6 Å². The minimum absolute atomic E-state index is 0.0209. The molecule has 1 amide bonds. The fraction of sp³-hybridized carbons (Fsp3) is 0.263. The molecule has 0 bridgehead atoms. The van der Waals surface area contributed by atoms with Gasteiger partial charge in [0.05, 0.1) is 13.7 Å². The Balaban J connectivity index is 1.77. The Bertz CT molecular complexity index is 702. The van der Waals surface area contributed by atoms with Crippen LogP contribution in [0.5, 0.6) is 5.75 Å². The Hall–Kier alpha value is -3.06. The molecule has 7 heteroatoms. The van der Waals surface area contributed by atoms with E-state index in [0.717, 1.165) is 11.1 Å². The van der Waals surface area contributed by atoms with Gasteiger partial charge in [0, 0.05) is 0 Å². The Kier molecular flexibility index (Phi) is 7.45. The fourth-order valence-corrected chi connectivity index (χ4v) is 2.06. The number of alkyl carbamates (subject to hydrolysis) is 1. The zero-order valence-electron chi connectivity index (χ0n) is 14.4. The van der Waals surface area contributed by atoms with Gasteiger partial charge in [-0.2, -0.15) is 0 Å². The highest BCUT2D eigenvalue weighted by molar-refractivity contribution is 5.81. The number of esters is 1. The van der Waals surface area contributed by atoms with Gasteiger partial charge in [-0.1, -0.05) is 42.5 Å². The number of carbonyl (C=O) groups excluding carboxylic acids is 2. The number of ether oxygens (including phenoxy) is 3. The quantitative estimate of drug-likeness (QED) is 0.701. The number of benzene rings is 2. The van der Waals surface area contributed by atoms with Crippen LogP contribution in [0.2, 0.25) is 0 Å². The van der Waals surface area contributed by atoms with E-state index < -0.39 is 24.7 Å². The second-order valence-electron chi connectivity index (χ2n) is 5.40. The average Bonchev–Trinajstić information content (AvgIpc) is 2.69. The highest BCUT2D eigenvalue weighted by atomic mass is 16.6. The van der Waals surface area contributed by atoms with Crippen LogP contribution in [0.1, 0.15) is 11.1 Å². The first-order valence-electron chi connectivity index (χ1n) is 8.00. The predicted octanol–water partition coefficient (Wildman–Crippen LogP) is 2.03. The van der Waals surface area contributed by atoms with Gasteiger partial charge in [-0.15, -0.1) is 0 Å². The summed E-state index contributed by atoms with van der Waals surface area (Å²) in [6, 6.07) is 14.9. The van der Waals surface area contributed by atoms with Crippen LogP contribution < -0.4 is 10.1 Å². The molecule has 2 aromatic rings. The van der Waals surface area contributed by atoms with Crippen molar-refractivity contribution in [3.05, 3.63) is 65.7 Å². The SMILES string of the molecule is COc1ccc(COC(=O)N[C@H](CO)C(=O)OCc2ccccc2)cc1. The van der Waals surface area contributed by atoms with Crippen molar-refractivity contribution in [2.45, 2.75) is 19.3 Å². The van der Waals surface area contributed by atoms with E-state index in [0.29, 0.717) is 5.75 Å². The van der Waals surface area contributed by atoms with E-state index in [-0.39, 0.29) is 13.2 Å². The number of aliphatic hydroxyl groups is 1. The summed E-state index contributed by atoms with van der Waals surface area (Å²) in [5.41, 5.74) is 1.56. The molecule has 138 valence electrons. The molecule has 0 aliphatic carbocycles. The van der Waals surface area contributed by atoms with Gasteiger partial charge in [-0.25, -0.2) is 9.59 Å². The largest absolute Gasteiger partial charge is 0.497 e. The molecule has 2 N–H and O–H groups in total. The lowest BCUT2D eigenvalue weighted by Crippen LogP contribution is -2.44. The summed E-state index contributed by atoms with van der Waals surface area (Å²) in [5.74, 6) is -0.0440. The molecule has 0 fully saturated rings. The monoisotopic (exact) mass is 359 g/mol. The van der Waals surface area contributed by atoms with Crippen molar-refractivity contribution >= 4 is 12.1 Å². The molecule has 26 heavy (non-hydrogen) atoms. The molecule has 0 aliphatic heterocycles. The van der Waals surface area contributed by atoms with Gasteiger partial charge >= 0.3 is 12.1 Å². The van der Waals surface area contributed by atoms with Gasteiger partial charge in [0.2, 0.25) is 0 Å². The van der Waals surface area contributed by atoms with Crippen LogP contribution in [0.4, 0.5) is 4.79 Å². The molecule has 2 rings (SSSR count). The minimum atomic E-state index is -1.19. The molecule has 0 unspecified atom stereocenters. The van der Waals surface area contributed by atoms with Crippen molar-refractivity contribution in [1.29, 1.82) is 0 Å². The number of hydrogen-bond donors (Lipinski definition) is 2. The summed E-state index contributed by atoms with van der Waals surface area (Å²) in [5, 5.41) is 11.6. The van der Waals surface area contributed by atoms with Gasteiger partial charge < -0.3 is 24.6 Å². The zero-order valence-corrected chi connectivity index (χ0v) is 14.4. The maximum absolute atomic E-state index is 12.0. The topological polar surface area (TPSA) is 94.1 Å². The lowest BCUT2D eigenvalue weighted by atomic mass is 10.2. The van der Waals surface area contributed by atoms with Crippen LogP contribution in [0.3, 0.4) is 0 Å². The number of aliphatic hydroxyl groups excluding tert-OH is 1. The Morgan fingerprint density at radius 2 is 1.58 bits per heavy atom. The smallest absolute Gasteiger partial charge is 0.408 e. The van der Waals surface area contributed by atoms with Crippen molar-refractivity contribution in [1.82, 2.24) is 5.32 Å². The van der Waals surface area contributed by atoms with Crippen LogP contribution in [0, 0.1) is 0 Å². The molecule has 7 nitrogen and oxygen atoms in total. The Morgan fingerprint density at radius 3 is 2.19 bits per heavy atom. The Labute approximate surface area is 151 Å². The van der Waals surface area contributed by atoms with Crippen LogP contribution in [-0.4, -0.2) is 36.9 Å². The molecular formula is C19H21NO6. The van der Waals surface area contributed by atoms with Gasteiger partial charge in [-0.3, -0.25) is 0 Å². The normalized spacial score (nSPS) is 11.3. The highest BCUT2D eigenvalue weighted by Gasteiger charge is 2.22. The van der Waals surface area contributed by atoms with Crippen molar-refractivity contribution in [3.63, 3.8) is 0 Å². The van der Waals surface area contributed by atoms with Gasteiger partial charge in [0.15, 0.2) is 6.04 Å². The number of rotatable bonds is 8. The third-order valence-electron chi connectivity index (χ3n) is 3.51. The first kappa shape index (κ1) is 19.3. The summed E-state index contributed by atoms with van der Waals surface area (Å²) in [6.07, 6.45) is -0.823. The van der Waals surface area contributed by atoms with E-state index in [1.807, 2.05) is 18.2 Å². The summed E-state index contributed by atoms with van der Waals surface area (Å²) >= 11 is 0. The summed E-state index contributed by atoms with van der Waals surface area (Å²) in [6.45, 7) is -0.517. The lowest BCUT2D eigenvalue weighted by Gasteiger charge is -2.15. The van der Waals surface area contributed by atoms with E-state index in [4.69, 9.17) is 14.2 Å². The molecule has 0 radical (unpaired) electrons. The first-order valence-corrected chi connectivity index (χ1v) is 8.00. The molecule has 2 aromatic carbocycles. The number of hydrogen-bond acceptors (Lipinski definition) is 6. The van der Waals surface area contributed by atoms with E-state index in [1.54, 1.807) is 43.5 Å². The maximum atomic E-state index is 12.0. The number of amides is 1. The summed E-state index contributed by atoms with van der Waals surface area (Å²) in [4.78, 5) is 23.8. The summed E-state index contributed by atoms with van der Waals surface area (Å²) in [7, 11) is 1.56. The van der Waals surface area contributed by atoms with Crippen LogP contribution in [0.25, 0.3) is 0 Å². The minimum Gasteiger partial charge on any atom is -0.497 e. The van der Waals surface area contributed by atoms with E-state index >= 15 is 0 Å². The molecular weight excluding hydrogens is 338 g/mol. The van der Waals surface area contributed by atoms with E-state index in [9.17, 15) is 14.7 Å².